The number of carbonyl (C=O) groups excluding carboxylic acids is 2. The number of ketones is 1. The molecule has 0 radical (unpaired) electrons. The minimum Gasteiger partial charge on any atom is -0.340 e. The first-order valence-electron chi connectivity index (χ1n) is 6.72. The van der Waals surface area contributed by atoms with E-state index in [2.05, 4.69) is 15.3 Å². The Bertz CT molecular complexity index is 633. The molecule has 0 spiro atoms. The lowest BCUT2D eigenvalue weighted by Gasteiger charge is -2.13. The average Bonchev–Trinajstić information content (AvgIpc) is 2.84. The van der Waals surface area contributed by atoms with E-state index < -0.39 is 11.7 Å². The molecular weight excluding hydrogens is 286 g/mol. The molecule has 0 fully saturated rings. The van der Waals surface area contributed by atoms with Gasteiger partial charge in [0.1, 0.15) is 5.01 Å². The molecule has 1 N–H and O–H groups in total. The van der Waals surface area contributed by atoms with Crippen LogP contribution in [0.1, 0.15) is 45.3 Å². The summed E-state index contributed by atoms with van der Waals surface area (Å²) in [6.07, 6.45) is 3.63. The summed E-state index contributed by atoms with van der Waals surface area (Å²) in [6.45, 7) is 5.88. The molecule has 2 rings (SSSR count). The summed E-state index contributed by atoms with van der Waals surface area (Å²) in [5, 5.41) is 3.59. The molecule has 5 nitrogen and oxygen atoms in total. The molecular formula is C15H17N3O2S. The molecule has 110 valence electrons. The van der Waals surface area contributed by atoms with Crippen LogP contribution in [-0.4, -0.2) is 21.7 Å². The largest absolute Gasteiger partial charge is 0.340 e. The van der Waals surface area contributed by atoms with E-state index in [0.717, 1.165) is 15.6 Å². The van der Waals surface area contributed by atoms with E-state index in [4.69, 9.17) is 0 Å². The summed E-state index contributed by atoms with van der Waals surface area (Å²) in [5.74, 6) is -1.20. The summed E-state index contributed by atoms with van der Waals surface area (Å²) in [4.78, 5) is 33.5. The monoisotopic (exact) mass is 303 g/mol. The van der Waals surface area contributed by atoms with Crippen molar-refractivity contribution in [3.05, 3.63) is 45.7 Å². The van der Waals surface area contributed by atoms with Crippen LogP contribution in [0.4, 0.5) is 0 Å². The predicted molar refractivity (Wildman–Crippen MR) is 81.3 cm³/mol. The van der Waals surface area contributed by atoms with E-state index in [1.165, 1.54) is 6.20 Å². The fourth-order valence-electron chi connectivity index (χ4n) is 1.84. The third-order valence-electron chi connectivity index (χ3n) is 3.19. The number of Topliss-reactive ketones (excluding diaryl/α,β-unsaturated/α-hetero) is 1. The fraction of sp³-hybridized carbons (Fsp3) is 0.333. The van der Waals surface area contributed by atoms with E-state index in [1.54, 1.807) is 29.7 Å². The van der Waals surface area contributed by atoms with Crippen LogP contribution in [0.2, 0.25) is 0 Å². The molecule has 0 aliphatic rings. The normalized spacial score (nSPS) is 12.0. The van der Waals surface area contributed by atoms with Crippen LogP contribution in [0.5, 0.6) is 0 Å². The Labute approximate surface area is 127 Å². The van der Waals surface area contributed by atoms with Crippen LogP contribution in [0.3, 0.4) is 0 Å². The lowest BCUT2D eigenvalue weighted by molar-refractivity contribution is -0.117. The molecule has 1 atom stereocenters. The molecule has 2 heterocycles. The Balaban J connectivity index is 2.11. The highest BCUT2D eigenvalue weighted by atomic mass is 32.1. The molecule has 21 heavy (non-hydrogen) atoms. The highest BCUT2D eigenvalue weighted by Gasteiger charge is 2.22. The van der Waals surface area contributed by atoms with Crippen molar-refractivity contribution in [3.8, 4) is 0 Å². The van der Waals surface area contributed by atoms with Crippen molar-refractivity contribution in [2.24, 2.45) is 0 Å². The SMILES string of the molecule is CC[C@H](NC(=O)C(=O)c1cccnc1)c1nc(C)c(C)s1. The van der Waals surface area contributed by atoms with Crippen LogP contribution in [0, 0.1) is 13.8 Å². The number of aryl methyl sites for hydroxylation is 2. The zero-order valence-electron chi connectivity index (χ0n) is 12.2. The van der Waals surface area contributed by atoms with Gasteiger partial charge in [-0.1, -0.05) is 6.92 Å². The van der Waals surface area contributed by atoms with Crippen molar-refractivity contribution in [3.63, 3.8) is 0 Å². The molecule has 1 amide bonds. The summed E-state index contributed by atoms with van der Waals surface area (Å²) < 4.78 is 0. The van der Waals surface area contributed by atoms with Gasteiger partial charge in [0.15, 0.2) is 0 Å². The van der Waals surface area contributed by atoms with Crippen molar-refractivity contribution in [1.82, 2.24) is 15.3 Å². The number of thiazole rings is 1. The second kappa shape index (κ2) is 6.58. The lowest BCUT2D eigenvalue weighted by Crippen LogP contribution is -2.34. The minimum absolute atomic E-state index is 0.240. The fourth-order valence-corrected chi connectivity index (χ4v) is 2.89. The number of amides is 1. The Kier molecular flexibility index (Phi) is 4.80. The van der Waals surface area contributed by atoms with E-state index in [0.29, 0.717) is 6.42 Å². The molecule has 0 saturated carbocycles. The van der Waals surface area contributed by atoms with Crippen molar-refractivity contribution in [2.45, 2.75) is 33.2 Å². The first-order chi connectivity index (χ1) is 10.0. The Hall–Kier alpha value is -2.08. The number of rotatable bonds is 5. The molecule has 2 aromatic heterocycles. The first kappa shape index (κ1) is 15.3. The Morgan fingerprint density at radius 2 is 2.14 bits per heavy atom. The second-order valence-electron chi connectivity index (χ2n) is 4.70. The molecule has 0 aliphatic heterocycles. The van der Waals surface area contributed by atoms with Gasteiger partial charge in [0.05, 0.1) is 11.7 Å². The number of nitrogens with zero attached hydrogens (tertiary/aromatic N) is 2. The van der Waals surface area contributed by atoms with Gasteiger partial charge < -0.3 is 5.32 Å². The third kappa shape index (κ3) is 3.52. The molecule has 0 saturated heterocycles. The van der Waals surface area contributed by atoms with E-state index >= 15 is 0 Å². The maximum atomic E-state index is 12.1. The van der Waals surface area contributed by atoms with Crippen molar-refractivity contribution in [1.29, 1.82) is 0 Å². The van der Waals surface area contributed by atoms with Crippen LogP contribution < -0.4 is 5.32 Å². The lowest BCUT2D eigenvalue weighted by atomic mass is 10.1. The van der Waals surface area contributed by atoms with Gasteiger partial charge in [-0.25, -0.2) is 4.98 Å². The van der Waals surface area contributed by atoms with Gasteiger partial charge in [0.2, 0.25) is 0 Å². The molecule has 6 heteroatoms. The highest BCUT2D eigenvalue weighted by Crippen LogP contribution is 2.24. The standard InChI is InChI=1S/C15H17N3O2S/c1-4-12(15-17-9(2)10(3)21-15)18-14(20)13(19)11-6-5-7-16-8-11/h5-8,12H,4H2,1-3H3,(H,18,20)/t12-/m0/s1. The number of hydrogen-bond donors (Lipinski definition) is 1. The molecule has 0 aliphatic carbocycles. The third-order valence-corrected chi connectivity index (χ3v) is 4.37. The Morgan fingerprint density at radius 1 is 1.38 bits per heavy atom. The van der Waals surface area contributed by atoms with Gasteiger partial charge in [-0.05, 0) is 32.4 Å². The number of pyridine rings is 1. The van der Waals surface area contributed by atoms with E-state index in [9.17, 15) is 9.59 Å². The van der Waals surface area contributed by atoms with Crippen molar-refractivity contribution >= 4 is 23.0 Å². The summed E-state index contributed by atoms with van der Waals surface area (Å²) >= 11 is 1.55. The number of aromatic nitrogens is 2. The van der Waals surface area contributed by atoms with E-state index in [1.807, 2.05) is 20.8 Å². The van der Waals surface area contributed by atoms with Gasteiger partial charge in [-0.15, -0.1) is 11.3 Å². The molecule has 0 bridgehead atoms. The zero-order chi connectivity index (χ0) is 15.4. The van der Waals surface area contributed by atoms with Crippen LogP contribution in [0.25, 0.3) is 0 Å². The smallest absolute Gasteiger partial charge is 0.293 e. The average molecular weight is 303 g/mol. The second-order valence-corrected chi connectivity index (χ2v) is 5.93. The predicted octanol–water partition coefficient (Wildman–Crippen LogP) is 2.61. The maximum absolute atomic E-state index is 12.1. The van der Waals surface area contributed by atoms with Crippen molar-refractivity contribution < 1.29 is 9.59 Å². The van der Waals surface area contributed by atoms with Crippen LogP contribution in [-0.2, 0) is 4.79 Å². The zero-order valence-corrected chi connectivity index (χ0v) is 13.0. The van der Waals surface area contributed by atoms with Crippen molar-refractivity contribution in [2.75, 3.05) is 0 Å². The summed E-state index contributed by atoms with van der Waals surface area (Å²) in [6, 6.07) is 2.97. The highest BCUT2D eigenvalue weighted by molar-refractivity contribution is 7.11. The van der Waals surface area contributed by atoms with E-state index in [-0.39, 0.29) is 11.6 Å². The summed E-state index contributed by atoms with van der Waals surface area (Å²) in [5.41, 5.74) is 1.25. The minimum atomic E-state index is -0.625. The molecule has 2 aromatic rings. The number of hydrogen-bond acceptors (Lipinski definition) is 5. The number of carbonyl (C=O) groups is 2. The van der Waals surface area contributed by atoms with Gasteiger partial charge >= 0.3 is 0 Å². The Morgan fingerprint density at radius 3 is 2.67 bits per heavy atom. The van der Waals surface area contributed by atoms with Crippen LogP contribution in [0.15, 0.2) is 24.5 Å². The summed E-state index contributed by atoms with van der Waals surface area (Å²) in [7, 11) is 0. The maximum Gasteiger partial charge on any atom is 0.293 e. The van der Waals surface area contributed by atoms with Gasteiger partial charge in [-0.2, -0.15) is 0 Å². The number of nitrogens with one attached hydrogen (secondary N) is 1. The first-order valence-corrected chi connectivity index (χ1v) is 7.53. The van der Waals surface area contributed by atoms with Gasteiger partial charge in [-0.3, -0.25) is 14.6 Å². The topological polar surface area (TPSA) is 72.0 Å². The molecule has 0 unspecified atom stereocenters. The quantitative estimate of drug-likeness (QED) is 0.681. The molecule has 0 aromatic carbocycles. The van der Waals surface area contributed by atoms with Gasteiger partial charge in [0, 0.05) is 22.8 Å². The van der Waals surface area contributed by atoms with Gasteiger partial charge in [0.25, 0.3) is 11.7 Å². The van der Waals surface area contributed by atoms with Crippen LogP contribution >= 0.6 is 11.3 Å².